The van der Waals surface area contributed by atoms with Crippen LogP contribution in [-0.4, -0.2) is 10.2 Å². The van der Waals surface area contributed by atoms with Gasteiger partial charge in [0.25, 0.3) is 0 Å². The molecule has 0 aliphatic carbocycles. The lowest BCUT2D eigenvalue weighted by Gasteiger charge is -1.90. The van der Waals surface area contributed by atoms with Crippen molar-refractivity contribution < 1.29 is 0 Å². The quantitative estimate of drug-likeness (QED) is 0.564. The molecule has 56 valence electrons. The molecule has 0 aliphatic heterocycles. The second-order valence-corrected chi connectivity index (χ2v) is 2.29. The van der Waals surface area contributed by atoms with Crippen LogP contribution in [0.5, 0.6) is 0 Å². The number of nitrogens with zero attached hydrogens (tertiary/aromatic N) is 2. The highest BCUT2D eigenvalue weighted by molar-refractivity contribution is 5.37. The van der Waals surface area contributed by atoms with Crippen LogP contribution in [0.3, 0.4) is 0 Å². The second kappa shape index (κ2) is 3.10. The zero-order chi connectivity index (χ0) is 8.27. The van der Waals surface area contributed by atoms with E-state index in [1.807, 2.05) is 13.0 Å². The number of rotatable bonds is 1. The molecule has 1 aromatic heterocycles. The summed E-state index contributed by atoms with van der Waals surface area (Å²) in [4.78, 5) is 0. The van der Waals surface area contributed by atoms with Crippen molar-refractivity contribution in [1.82, 2.24) is 10.2 Å². The average molecular weight is 146 g/mol. The molecule has 0 atom stereocenters. The summed E-state index contributed by atoms with van der Waals surface area (Å²) in [5.41, 5.74) is 1.07. The number of aromatic nitrogens is 2. The lowest BCUT2D eigenvalue weighted by atomic mass is 10.2. The summed E-state index contributed by atoms with van der Waals surface area (Å²) < 4.78 is 0. The van der Waals surface area contributed by atoms with E-state index >= 15 is 0 Å². The van der Waals surface area contributed by atoms with Crippen LogP contribution in [0.2, 0.25) is 0 Å². The Morgan fingerprint density at radius 2 is 2.27 bits per heavy atom. The highest BCUT2D eigenvalue weighted by Gasteiger charge is 1.87. The van der Waals surface area contributed by atoms with Crippen molar-refractivity contribution in [1.29, 1.82) is 0 Å². The Kier molecular flexibility index (Phi) is 2.16. The molecule has 2 nitrogen and oxygen atoms in total. The Labute approximate surface area is 65.6 Å². The van der Waals surface area contributed by atoms with Crippen molar-refractivity contribution >= 4 is 12.7 Å². The van der Waals surface area contributed by atoms with E-state index in [2.05, 4.69) is 23.4 Å². The summed E-state index contributed by atoms with van der Waals surface area (Å²) in [5, 5.41) is 9.29. The molecule has 0 fully saturated rings. The van der Waals surface area contributed by atoms with E-state index in [4.69, 9.17) is 0 Å². The van der Waals surface area contributed by atoms with Crippen molar-refractivity contribution in [3.05, 3.63) is 35.0 Å². The molecule has 0 radical (unpaired) electrons. The van der Waals surface area contributed by atoms with Gasteiger partial charge < -0.3 is 0 Å². The van der Waals surface area contributed by atoms with Crippen LogP contribution in [-0.2, 0) is 0 Å². The Morgan fingerprint density at radius 1 is 1.55 bits per heavy atom. The van der Waals surface area contributed by atoms with Crippen LogP contribution in [0.1, 0.15) is 5.56 Å². The van der Waals surface area contributed by atoms with Crippen molar-refractivity contribution in [2.45, 2.75) is 6.92 Å². The number of hydrogen-bond acceptors (Lipinski definition) is 2. The van der Waals surface area contributed by atoms with Gasteiger partial charge in [0.2, 0.25) is 0 Å². The van der Waals surface area contributed by atoms with Crippen molar-refractivity contribution in [3.8, 4) is 0 Å². The van der Waals surface area contributed by atoms with Gasteiger partial charge in [-0.3, -0.25) is 0 Å². The molecule has 0 amide bonds. The van der Waals surface area contributed by atoms with Crippen LogP contribution in [0.4, 0.5) is 0 Å². The van der Waals surface area contributed by atoms with Crippen molar-refractivity contribution in [3.63, 3.8) is 0 Å². The van der Waals surface area contributed by atoms with E-state index in [1.165, 1.54) is 0 Å². The first kappa shape index (κ1) is 7.66. The van der Waals surface area contributed by atoms with E-state index in [0.29, 0.717) is 5.35 Å². The molecule has 0 saturated carbocycles. The van der Waals surface area contributed by atoms with Crippen LogP contribution < -0.4 is 10.6 Å². The maximum Gasteiger partial charge on any atom is 0.0860 e. The molecule has 1 aromatic rings. The summed E-state index contributed by atoms with van der Waals surface area (Å²) in [6.45, 7) is 9.32. The van der Waals surface area contributed by atoms with Gasteiger partial charge in [0.05, 0.1) is 11.5 Å². The zero-order valence-electron chi connectivity index (χ0n) is 6.54. The first-order chi connectivity index (χ1) is 5.25. The SMILES string of the molecule is C=C/C=c1/c(C)cnnc1=C. The Bertz CT molecular complexity index is 366. The maximum absolute atomic E-state index is 3.82. The molecule has 11 heavy (non-hydrogen) atoms. The van der Waals surface area contributed by atoms with Crippen LogP contribution in [0.15, 0.2) is 18.9 Å². The molecule has 0 spiro atoms. The van der Waals surface area contributed by atoms with Gasteiger partial charge in [-0.05, 0) is 12.5 Å². The van der Waals surface area contributed by atoms with E-state index in [1.54, 1.807) is 12.3 Å². The Balaban J connectivity index is 3.57. The van der Waals surface area contributed by atoms with Gasteiger partial charge >= 0.3 is 0 Å². The third kappa shape index (κ3) is 1.52. The number of aryl methyl sites for hydroxylation is 1. The summed E-state index contributed by atoms with van der Waals surface area (Å²) in [6.07, 6.45) is 5.31. The topological polar surface area (TPSA) is 25.8 Å². The van der Waals surface area contributed by atoms with Crippen molar-refractivity contribution in [2.75, 3.05) is 0 Å². The van der Waals surface area contributed by atoms with E-state index in [0.717, 1.165) is 10.8 Å². The van der Waals surface area contributed by atoms with Gasteiger partial charge in [0.1, 0.15) is 0 Å². The summed E-state index contributed by atoms with van der Waals surface area (Å²) in [5.74, 6) is 0. The smallest absolute Gasteiger partial charge is 0.0860 e. The van der Waals surface area contributed by atoms with Gasteiger partial charge in [-0.2, -0.15) is 10.2 Å². The molecular formula is C9H10N2. The monoisotopic (exact) mass is 146 g/mol. The van der Waals surface area contributed by atoms with Gasteiger partial charge in [-0.25, -0.2) is 0 Å². The minimum atomic E-state index is 0.699. The largest absolute Gasteiger partial charge is 0.158 e. The second-order valence-electron chi connectivity index (χ2n) is 2.29. The molecule has 1 rings (SSSR count). The molecule has 0 saturated heterocycles. The molecule has 0 aliphatic rings. The van der Waals surface area contributed by atoms with E-state index in [-0.39, 0.29) is 0 Å². The average Bonchev–Trinajstić information content (AvgIpc) is 1.97. The molecule has 0 aromatic carbocycles. The first-order valence-corrected chi connectivity index (χ1v) is 3.35. The molecule has 2 heteroatoms. The lowest BCUT2D eigenvalue weighted by Crippen LogP contribution is -2.29. The lowest BCUT2D eigenvalue weighted by molar-refractivity contribution is 0.967. The van der Waals surface area contributed by atoms with Gasteiger partial charge in [0, 0.05) is 5.22 Å². The fourth-order valence-corrected chi connectivity index (χ4v) is 0.882. The predicted octanol–water partition coefficient (Wildman–Crippen LogP) is 0.162. The fourth-order valence-electron chi connectivity index (χ4n) is 0.882. The van der Waals surface area contributed by atoms with Gasteiger partial charge in [0.15, 0.2) is 0 Å². The summed E-state index contributed by atoms with van der Waals surface area (Å²) in [7, 11) is 0. The molecule has 0 N–H and O–H groups in total. The maximum atomic E-state index is 3.82. The standard InChI is InChI=1S/C9H10N2/c1-4-5-9-7(2)6-10-11-8(9)3/h4-6H,1,3H2,2H3/b9-5-. The first-order valence-electron chi connectivity index (χ1n) is 3.35. The van der Waals surface area contributed by atoms with Crippen molar-refractivity contribution in [2.24, 2.45) is 0 Å². The fraction of sp³-hybridized carbons (Fsp3) is 0.111. The Hall–Kier alpha value is -1.44. The highest BCUT2D eigenvalue weighted by Crippen LogP contribution is 1.77. The van der Waals surface area contributed by atoms with Gasteiger partial charge in [-0.1, -0.05) is 25.3 Å². The van der Waals surface area contributed by atoms with Crippen LogP contribution in [0, 0.1) is 6.92 Å². The molecule has 0 unspecified atom stereocenters. The minimum absolute atomic E-state index is 0.699. The van der Waals surface area contributed by atoms with Gasteiger partial charge in [-0.15, -0.1) is 0 Å². The van der Waals surface area contributed by atoms with E-state index in [9.17, 15) is 0 Å². The summed E-state index contributed by atoms with van der Waals surface area (Å²) >= 11 is 0. The van der Waals surface area contributed by atoms with Crippen LogP contribution in [0.25, 0.3) is 12.7 Å². The molecule has 0 bridgehead atoms. The minimum Gasteiger partial charge on any atom is -0.158 e. The third-order valence-corrected chi connectivity index (χ3v) is 1.45. The number of hydrogen-bond donors (Lipinski definition) is 0. The third-order valence-electron chi connectivity index (χ3n) is 1.45. The molecule has 1 heterocycles. The normalized spacial score (nSPS) is 11.5. The predicted molar refractivity (Wildman–Crippen MR) is 46.2 cm³/mol. The number of allylic oxidation sites excluding steroid dienone is 1. The highest BCUT2D eigenvalue weighted by atomic mass is 15.1. The van der Waals surface area contributed by atoms with E-state index < -0.39 is 0 Å². The molecular weight excluding hydrogens is 136 g/mol. The van der Waals surface area contributed by atoms with Crippen LogP contribution >= 0.6 is 0 Å². The summed E-state index contributed by atoms with van der Waals surface area (Å²) in [6, 6.07) is 0. The zero-order valence-corrected chi connectivity index (χ0v) is 6.54. The Morgan fingerprint density at radius 3 is 2.82 bits per heavy atom.